The fourth-order valence-corrected chi connectivity index (χ4v) is 22.4. The Morgan fingerprint density at radius 3 is 0.490 bits per heavy atom. The minimum absolute atomic E-state index is 0.505. The minimum Gasteiger partial charge on any atom is -0.497 e. The van der Waals surface area contributed by atoms with Crippen LogP contribution in [0.3, 0.4) is 0 Å². The van der Waals surface area contributed by atoms with E-state index in [9.17, 15) is 0 Å². The second-order valence-electron chi connectivity index (χ2n) is 21.9. The molecule has 0 spiro atoms. The maximum absolute atomic E-state index is 5.93. The molecule has 0 saturated heterocycles. The van der Waals surface area contributed by atoms with Gasteiger partial charge >= 0.3 is 0 Å². The lowest BCUT2D eigenvalue weighted by molar-refractivity contribution is 0.392. The normalized spacial score (nSPS) is 11.0. The first-order chi connectivity index (χ1) is 46.4. The predicted octanol–water partition coefficient (Wildman–Crippen LogP) is 14.6. The number of methoxy groups -OCH3 is 16. The van der Waals surface area contributed by atoms with E-state index in [0.717, 1.165) is 94.3 Å². The van der Waals surface area contributed by atoms with Gasteiger partial charge in [-0.05, 0) is 200 Å². The van der Waals surface area contributed by atoms with Crippen LogP contribution in [0.4, 0.5) is 0 Å². The molecule has 0 aliphatic rings. The standard InChI is InChI=1S/C53H63O12P3.C17H20O4.C4H7Br3/c1-53(32-66(47-20-35(54-2)14-36(21-47)55-3)48-22-37(56-4)15-38(23-48)57-5,33-67(49-24-39(58-6)16-40(25-49)59-7)50-26-41(60-8)17-42(27-50)61-9)34-68(51-28-43(62-10)18-44(29-51)63-11)52-30-45(64-12)19-46(31-52)65-13;1-18-14-6-12(7-15(10-14)19-2)5-13-8-16(20-3)11-17(9-13)21-4;5-1-4(2-6)3-7/h14-31H,32-34H2,1-13H3;6-11H,5H2,1-4H3;4H,1-3H2. The van der Waals surface area contributed by atoms with E-state index in [1.165, 1.54) is 0 Å². The molecule has 0 saturated carbocycles. The summed E-state index contributed by atoms with van der Waals surface area (Å²) < 4.78 is 92.4. The lowest BCUT2D eigenvalue weighted by atomic mass is 9.99. The van der Waals surface area contributed by atoms with Crippen LogP contribution in [0.5, 0.6) is 92.0 Å². The molecule has 8 aromatic carbocycles. The van der Waals surface area contributed by atoms with E-state index in [1.807, 2.05) is 72.8 Å². The van der Waals surface area contributed by atoms with E-state index in [0.29, 0.717) is 87.5 Å². The van der Waals surface area contributed by atoms with Crippen LogP contribution in [0.25, 0.3) is 0 Å². The van der Waals surface area contributed by atoms with Gasteiger partial charge in [-0.15, -0.1) is 0 Å². The lowest BCUT2D eigenvalue weighted by Crippen LogP contribution is -2.37. The Balaban J connectivity index is 0.000000428. The number of hydrogen-bond donors (Lipinski definition) is 0. The van der Waals surface area contributed by atoms with Gasteiger partial charge in [0.25, 0.3) is 0 Å². The van der Waals surface area contributed by atoms with Crippen molar-refractivity contribution in [1.82, 2.24) is 0 Å². The summed E-state index contributed by atoms with van der Waals surface area (Å²) in [6.07, 6.45) is 2.81. The Labute approximate surface area is 596 Å². The Morgan fingerprint density at radius 1 is 0.240 bits per heavy atom. The van der Waals surface area contributed by atoms with Gasteiger partial charge in [0.15, 0.2) is 0 Å². The molecule has 0 bridgehead atoms. The number of halogens is 3. The average molecular weight is 1570 g/mol. The van der Waals surface area contributed by atoms with Crippen molar-refractivity contribution >= 4 is 103 Å². The molecular weight excluding hydrogens is 1480 g/mol. The van der Waals surface area contributed by atoms with Crippen molar-refractivity contribution in [3.63, 3.8) is 0 Å². The molecule has 8 aromatic rings. The highest BCUT2D eigenvalue weighted by Crippen LogP contribution is 2.55. The van der Waals surface area contributed by atoms with Crippen LogP contribution in [0, 0.1) is 11.3 Å². The molecule has 0 aromatic heterocycles. The summed E-state index contributed by atoms with van der Waals surface area (Å²) in [6.45, 7) is 2.41. The molecule has 0 unspecified atom stereocenters. The van der Waals surface area contributed by atoms with Crippen molar-refractivity contribution in [3.8, 4) is 92.0 Å². The van der Waals surface area contributed by atoms with Crippen LogP contribution < -0.4 is 108 Å². The summed E-state index contributed by atoms with van der Waals surface area (Å²) >= 11 is 10.1. The summed E-state index contributed by atoms with van der Waals surface area (Å²) in [4.78, 5) is 0. The highest BCUT2D eigenvalue weighted by Gasteiger charge is 2.39. The van der Waals surface area contributed by atoms with Gasteiger partial charge in [-0.2, -0.15) is 0 Å². The van der Waals surface area contributed by atoms with Gasteiger partial charge in [0.1, 0.15) is 92.0 Å². The second-order valence-corrected chi connectivity index (χ2v) is 30.5. The van der Waals surface area contributed by atoms with Crippen molar-refractivity contribution in [2.24, 2.45) is 11.3 Å². The highest BCUT2D eigenvalue weighted by atomic mass is 79.9. The number of alkyl halides is 3. The SMILES string of the molecule is BrCC(CBr)CBr.COc1cc(Cc2cc(OC)cc(OC)c2)cc(OC)c1.COc1cc(OC)cc(P(CC(C)(CP(c2cc(OC)cc(OC)c2)c2cc(OC)cc(OC)c2)CP(c2cc(OC)cc(OC)c2)c2cc(OC)cc(OC)c2)c2cc(OC)cc(OC)c2)c1. The van der Waals surface area contributed by atoms with Crippen molar-refractivity contribution in [1.29, 1.82) is 0 Å². The van der Waals surface area contributed by atoms with Gasteiger partial charge in [0.2, 0.25) is 0 Å². The highest BCUT2D eigenvalue weighted by molar-refractivity contribution is 9.10. The first-order valence-corrected chi connectivity index (χ1v) is 38.2. The Kier molecular flexibility index (Phi) is 32.3. The quantitative estimate of drug-likeness (QED) is 0.0283. The Bertz CT molecular complexity index is 3040. The zero-order valence-corrected chi connectivity index (χ0v) is 65.3. The maximum atomic E-state index is 5.93. The summed E-state index contributed by atoms with van der Waals surface area (Å²) in [7, 11) is 23.0. The van der Waals surface area contributed by atoms with Gasteiger partial charge in [-0.1, -0.05) is 54.7 Å². The zero-order chi connectivity index (χ0) is 69.9. The van der Waals surface area contributed by atoms with Crippen molar-refractivity contribution in [2.45, 2.75) is 13.3 Å². The Hall–Kier alpha value is -6.71. The summed E-state index contributed by atoms with van der Waals surface area (Å²) in [5.74, 6) is 12.1. The fraction of sp³-hybridized carbons (Fsp3) is 0.351. The van der Waals surface area contributed by atoms with Gasteiger partial charge in [0.05, 0.1) is 114 Å². The fourth-order valence-electron chi connectivity index (χ4n) is 10.3. The van der Waals surface area contributed by atoms with E-state index in [1.54, 1.807) is 114 Å². The van der Waals surface area contributed by atoms with E-state index in [4.69, 9.17) is 75.8 Å². The molecule has 0 N–H and O–H groups in total. The van der Waals surface area contributed by atoms with Crippen LogP contribution >= 0.6 is 71.6 Å². The summed E-state index contributed by atoms with van der Waals surface area (Å²) in [6, 6.07) is 48.5. The zero-order valence-electron chi connectivity index (χ0n) is 57.9. The van der Waals surface area contributed by atoms with Gasteiger partial charge < -0.3 is 75.8 Å². The van der Waals surface area contributed by atoms with Crippen molar-refractivity contribution in [3.05, 3.63) is 157 Å². The molecule has 22 heteroatoms. The molecule has 0 fully saturated rings. The first kappa shape index (κ1) is 78.3. The van der Waals surface area contributed by atoms with E-state index >= 15 is 0 Å². The third-order valence-electron chi connectivity index (χ3n) is 15.4. The monoisotopic (exact) mass is 1560 g/mol. The van der Waals surface area contributed by atoms with Crippen LogP contribution in [-0.2, 0) is 6.42 Å². The Morgan fingerprint density at radius 2 is 0.375 bits per heavy atom. The van der Waals surface area contributed by atoms with Crippen LogP contribution in [-0.4, -0.2) is 148 Å². The summed E-state index contributed by atoms with van der Waals surface area (Å²) in [5, 5.41) is 9.57. The molecule has 96 heavy (non-hydrogen) atoms. The van der Waals surface area contributed by atoms with E-state index < -0.39 is 29.2 Å². The molecule has 16 nitrogen and oxygen atoms in total. The molecule has 0 radical (unpaired) electrons. The van der Waals surface area contributed by atoms with Crippen molar-refractivity contribution < 1.29 is 75.8 Å². The van der Waals surface area contributed by atoms with Crippen molar-refractivity contribution in [2.75, 3.05) is 148 Å². The largest absolute Gasteiger partial charge is 0.497 e. The molecule has 0 atom stereocenters. The van der Waals surface area contributed by atoms with Crippen LogP contribution in [0.15, 0.2) is 146 Å². The molecule has 518 valence electrons. The van der Waals surface area contributed by atoms with Gasteiger partial charge in [-0.3, -0.25) is 0 Å². The molecule has 0 aliphatic heterocycles. The smallest absolute Gasteiger partial charge is 0.123 e. The number of ether oxygens (including phenoxy) is 16. The second kappa shape index (κ2) is 39.6. The van der Waals surface area contributed by atoms with E-state index in [-0.39, 0.29) is 0 Å². The van der Waals surface area contributed by atoms with Crippen LogP contribution in [0.1, 0.15) is 18.1 Å². The maximum Gasteiger partial charge on any atom is 0.123 e. The number of rotatable bonds is 33. The topological polar surface area (TPSA) is 148 Å². The summed E-state index contributed by atoms with van der Waals surface area (Å²) in [5.41, 5.74) is 1.69. The third kappa shape index (κ3) is 22.4. The lowest BCUT2D eigenvalue weighted by Gasteiger charge is -2.40. The van der Waals surface area contributed by atoms with Gasteiger partial charge in [-0.25, -0.2) is 0 Å². The molecule has 0 heterocycles. The molecule has 0 amide bonds. The number of benzene rings is 8. The number of hydrogen-bond acceptors (Lipinski definition) is 16. The third-order valence-corrected chi connectivity index (χ3v) is 26.7. The average Bonchev–Trinajstić information content (AvgIpc) is 0.796. The molecule has 8 rings (SSSR count). The van der Waals surface area contributed by atoms with Gasteiger partial charge in [0, 0.05) is 64.5 Å². The van der Waals surface area contributed by atoms with Crippen LogP contribution in [0.2, 0.25) is 0 Å². The molecular formula is C74H90Br3O16P3. The van der Waals surface area contributed by atoms with E-state index in [2.05, 4.69) is 128 Å². The first-order valence-electron chi connectivity index (χ1n) is 30.2. The molecule has 0 aliphatic carbocycles. The predicted molar refractivity (Wildman–Crippen MR) is 405 cm³/mol. The minimum atomic E-state index is -1.23.